The molecule has 0 aliphatic rings. The second-order valence-electron chi connectivity index (χ2n) is 4.69. The third kappa shape index (κ3) is 5.68. The van der Waals surface area contributed by atoms with E-state index in [9.17, 15) is 0 Å². The van der Waals surface area contributed by atoms with Crippen molar-refractivity contribution in [1.29, 1.82) is 0 Å². The molecule has 0 aromatic heterocycles. The first-order valence-electron chi connectivity index (χ1n) is 5.57. The summed E-state index contributed by atoms with van der Waals surface area (Å²) in [6.45, 7) is 11.7. The van der Waals surface area contributed by atoms with E-state index in [0.29, 0.717) is 0 Å². The van der Waals surface area contributed by atoms with Crippen molar-refractivity contribution >= 4 is 7.28 Å². The normalized spacial score (nSPS) is 16.2. The van der Waals surface area contributed by atoms with Crippen LogP contribution in [0, 0.1) is 11.8 Å². The first-order valence-corrected chi connectivity index (χ1v) is 5.57. The van der Waals surface area contributed by atoms with Gasteiger partial charge in [-0.25, -0.2) is 0 Å². The molecule has 0 bridgehead atoms. The van der Waals surface area contributed by atoms with Crippen LogP contribution < -0.4 is 0 Å². The van der Waals surface area contributed by atoms with Crippen molar-refractivity contribution in [3.63, 3.8) is 0 Å². The summed E-state index contributed by atoms with van der Waals surface area (Å²) in [5.74, 6) is 2.72. The fourth-order valence-electron chi connectivity index (χ4n) is 1.53. The average Bonchev–Trinajstić information content (AvgIpc) is 2.02. The summed E-state index contributed by atoms with van der Waals surface area (Å²) >= 11 is 0. The van der Waals surface area contributed by atoms with E-state index < -0.39 is 0 Å². The van der Waals surface area contributed by atoms with E-state index in [-0.39, 0.29) is 0 Å². The maximum absolute atomic E-state index is 2.40. The zero-order valence-corrected chi connectivity index (χ0v) is 9.56. The van der Waals surface area contributed by atoms with Crippen LogP contribution in [-0.4, -0.2) is 7.28 Å². The van der Waals surface area contributed by atoms with Crippen molar-refractivity contribution in [3.8, 4) is 0 Å². The van der Waals surface area contributed by atoms with Crippen molar-refractivity contribution in [3.05, 3.63) is 0 Å². The maximum Gasteiger partial charge on any atom is 0.120 e. The molecule has 0 saturated carbocycles. The Balaban J connectivity index is 3.37. The van der Waals surface area contributed by atoms with Gasteiger partial charge in [-0.3, -0.25) is 0 Å². The summed E-state index contributed by atoms with van der Waals surface area (Å²) in [7, 11) is 1.34. The molecule has 0 amide bonds. The summed E-state index contributed by atoms with van der Waals surface area (Å²) < 4.78 is 0. The molecular weight excluding hydrogens is 143 g/mol. The van der Waals surface area contributed by atoms with Gasteiger partial charge >= 0.3 is 0 Å². The van der Waals surface area contributed by atoms with Crippen molar-refractivity contribution in [2.75, 3.05) is 0 Å². The van der Waals surface area contributed by atoms with Crippen LogP contribution in [0.4, 0.5) is 0 Å². The predicted molar refractivity (Wildman–Crippen MR) is 60.3 cm³/mol. The van der Waals surface area contributed by atoms with Gasteiger partial charge in [0.1, 0.15) is 7.28 Å². The lowest BCUT2D eigenvalue weighted by molar-refractivity contribution is 0.447. The monoisotopic (exact) mass is 168 g/mol. The molecule has 0 aliphatic carbocycles. The molecule has 72 valence electrons. The first-order chi connectivity index (χ1) is 5.57. The lowest BCUT2D eigenvalue weighted by Gasteiger charge is -2.17. The third-order valence-electron chi connectivity index (χ3n) is 3.06. The quantitative estimate of drug-likeness (QED) is 0.530. The van der Waals surface area contributed by atoms with Crippen molar-refractivity contribution in [1.82, 2.24) is 0 Å². The molecule has 0 aliphatic heterocycles. The van der Waals surface area contributed by atoms with Crippen LogP contribution in [0.25, 0.3) is 0 Å². The van der Waals surface area contributed by atoms with E-state index in [1.165, 1.54) is 26.5 Å². The summed E-state index contributed by atoms with van der Waals surface area (Å²) in [4.78, 5) is 0. The smallest absolute Gasteiger partial charge is 0.0891 e. The molecule has 12 heavy (non-hydrogen) atoms. The van der Waals surface area contributed by atoms with Gasteiger partial charge in [0.2, 0.25) is 0 Å². The minimum Gasteiger partial charge on any atom is -0.0891 e. The van der Waals surface area contributed by atoms with Crippen LogP contribution in [0.5, 0.6) is 0 Å². The highest BCUT2D eigenvalue weighted by molar-refractivity contribution is 6.35. The van der Waals surface area contributed by atoms with Gasteiger partial charge in [-0.05, 0) is 11.8 Å². The standard InChI is InChI=1S/C11H25B/c1-9(2)7-6-8-10(3)11(4)12-5/h9-12H,6-8H2,1-5H3/t10?,11-/m1/s1. The molecular formula is C11H25B. The topological polar surface area (TPSA) is 0 Å². The molecule has 1 heteroatoms. The molecule has 0 saturated heterocycles. The Morgan fingerprint density at radius 3 is 2.00 bits per heavy atom. The minimum absolute atomic E-state index is 0.883. The number of hydrogen-bond acceptors (Lipinski definition) is 0. The molecule has 0 N–H and O–H groups in total. The third-order valence-corrected chi connectivity index (χ3v) is 3.06. The lowest BCUT2D eigenvalue weighted by Crippen LogP contribution is -2.07. The molecule has 0 rings (SSSR count). The summed E-state index contributed by atoms with van der Waals surface area (Å²) in [5, 5.41) is 0. The largest absolute Gasteiger partial charge is 0.120 e. The van der Waals surface area contributed by atoms with Crippen molar-refractivity contribution < 1.29 is 0 Å². The molecule has 1 unspecified atom stereocenters. The van der Waals surface area contributed by atoms with Crippen LogP contribution >= 0.6 is 0 Å². The molecule has 2 atom stereocenters. The van der Waals surface area contributed by atoms with Crippen LogP contribution in [0.3, 0.4) is 0 Å². The van der Waals surface area contributed by atoms with E-state index in [1.54, 1.807) is 0 Å². The Hall–Kier alpha value is 0.0649. The number of rotatable bonds is 6. The predicted octanol–water partition coefficient (Wildman–Crippen LogP) is 3.74. The Bertz CT molecular complexity index is 99.2. The highest BCUT2D eigenvalue weighted by Crippen LogP contribution is 2.22. The fraction of sp³-hybridized carbons (Fsp3) is 1.00. The van der Waals surface area contributed by atoms with E-state index in [1.807, 2.05) is 0 Å². The van der Waals surface area contributed by atoms with Gasteiger partial charge in [-0.15, -0.1) is 0 Å². The van der Waals surface area contributed by atoms with Crippen LogP contribution in [0.2, 0.25) is 12.6 Å². The molecule has 0 radical (unpaired) electrons. The van der Waals surface area contributed by atoms with Crippen molar-refractivity contribution in [2.24, 2.45) is 11.8 Å². The second kappa shape index (κ2) is 6.57. The molecule has 0 fully saturated rings. The van der Waals surface area contributed by atoms with Gasteiger partial charge in [-0.1, -0.05) is 59.6 Å². The van der Waals surface area contributed by atoms with E-state index in [4.69, 9.17) is 0 Å². The Labute approximate surface area is 79.4 Å². The zero-order valence-electron chi connectivity index (χ0n) is 9.56. The molecule has 0 aromatic carbocycles. The summed E-state index contributed by atoms with van der Waals surface area (Å²) in [6.07, 6.45) is 4.25. The minimum atomic E-state index is 0.883. The first kappa shape index (κ1) is 12.1. The molecule has 0 nitrogen and oxygen atoms in total. The highest BCUT2D eigenvalue weighted by Gasteiger charge is 2.10. The van der Waals surface area contributed by atoms with Gasteiger partial charge in [0.15, 0.2) is 0 Å². The molecule has 0 heterocycles. The van der Waals surface area contributed by atoms with E-state index in [0.717, 1.165) is 17.7 Å². The lowest BCUT2D eigenvalue weighted by atomic mass is 9.62. The van der Waals surface area contributed by atoms with Gasteiger partial charge < -0.3 is 0 Å². The molecule has 0 aromatic rings. The second-order valence-corrected chi connectivity index (χ2v) is 4.69. The Morgan fingerprint density at radius 1 is 1.00 bits per heavy atom. The number of hydrogen-bond donors (Lipinski definition) is 0. The SMILES string of the molecule is CB[C@H](C)C(C)CCCC(C)C. The van der Waals surface area contributed by atoms with Gasteiger partial charge in [-0.2, -0.15) is 0 Å². The van der Waals surface area contributed by atoms with Crippen LogP contribution in [0.15, 0.2) is 0 Å². The van der Waals surface area contributed by atoms with E-state index in [2.05, 4.69) is 34.5 Å². The van der Waals surface area contributed by atoms with Crippen LogP contribution in [0.1, 0.15) is 47.0 Å². The fourth-order valence-corrected chi connectivity index (χ4v) is 1.53. The zero-order chi connectivity index (χ0) is 9.56. The average molecular weight is 168 g/mol. The van der Waals surface area contributed by atoms with Gasteiger partial charge in [0.05, 0.1) is 0 Å². The van der Waals surface area contributed by atoms with Crippen LogP contribution in [-0.2, 0) is 0 Å². The van der Waals surface area contributed by atoms with Gasteiger partial charge in [0.25, 0.3) is 0 Å². The summed E-state index contributed by atoms with van der Waals surface area (Å²) in [5.41, 5.74) is 0. The Kier molecular flexibility index (Phi) is 6.60. The molecule has 0 spiro atoms. The highest BCUT2D eigenvalue weighted by atomic mass is 14.1. The Morgan fingerprint density at radius 2 is 1.58 bits per heavy atom. The van der Waals surface area contributed by atoms with E-state index >= 15 is 0 Å². The van der Waals surface area contributed by atoms with Crippen molar-refractivity contribution in [2.45, 2.75) is 59.6 Å². The van der Waals surface area contributed by atoms with Gasteiger partial charge in [0, 0.05) is 0 Å². The maximum atomic E-state index is 2.40. The summed E-state index contributed by atoms with van der Waals surface area (Å²) in [6, 6.07) is 0.